The van der Waals surface area contributed by atoms with Crippen LogP contribution in [0, 0.1) is 12.7 Å². The predicted molar refractivity (Wildman–Crippen MR) is 76.5 cm³/mol. The Labute approximate surface area is 126 Å². The molecule has 1 unspecified atom stereocenters. The number of aryl methyl sites for hydroxylation is 1. The number of amides is 1. The van der Waals surface area contributed by atoms with Crippen LogP contribution in [0.2, 0.25) is 0 Å². The molecule has 0 spiro atoms. The van der Waals surface area contributed by atoms with Crippen molar-refractivity contribution in [3.63, 3.8) is 0 Å². The van der Waals surface area contributed by atoms with Crippen LogP contribution in [-0.2, 0) is 11.3 Å². The normalized spacial score (nSPS) is 18.7. The van der Waals surface area contributed by atoms with Crippen molar-refractivity contribution in [3.8, 4) is 5.69 Å². The van der Waals surface area contributed by atoms with E-state index in [2.05, 4.69) is 15.5 Å². The predicted octanol–water partition coefficient (Wildman–Crippen LogP) is 0.560. The smallest absolute Gasteiger partial charge is 0.234 e. The van der Waals surface area contributed by atoms with Gasteiger partial charge in [-0.3, -0.25) is 9.69 Å². The number of nitrogens with zero attached hydrogens (tertiary/aromatic N) is 5. The van der Waals surface area contributed by atoms with E-state index in [0.29, 0.717) is 18.1 Å². The average Bonchev–Trinajstić information content (AvgIpc) is 3.11. The molecule has 1 aliphatic rings. The van der Waals surface area contributed by atoms with E-state index in [4.69, 9.17) is 5.73 Å². The second-order valence-corrected chi connectivity index (χ2v) is 5.49. The van der Waals surface area contributed by atoms with Crippen molar-refractivity contribution in [1.82, 2.24) is 25.1 Å². The van der Waals surface area contributed by atoms with Crippen molar-refractivity contribution in [2.24, 2.45) is 5.73 Å². The molecule has 1 atom stereocenters. The van der Waals surface area contributed by atoms with Crippen molar-refractivity contribution in [2.45, 2.75) is 32.4 Å². The molecular formula is C14H17FN6O. The fourth-order valence-electron chi connectivity index (χ4n) is 2.80. The fourth-order valence-corrected chi connectivity index (χ4v) is 2.80. The molecule has 2 aromatic rings. The monoisotopic (exact) mass is 304 g/mol. The van der Waals surface area contributed by atoms with Gasteiger partial charge in [0.1, 0.15) is 11.5 Å². The van der Waals surface area contributed by atoms with Gasteiger partial charge >= 0.3 is 0 Å². The van der Waals surface area contributed by atoms with Crippen molar-refractivity contribution in [1.29, 1.82) is 0 Å². The molecule has 8 heteroatoms. The topological polar surface area (TPSA) is 89.9 Å². The summed E-state index contributed by atoms with van der Waals surface area (Å²) in [6.07, 6.45) is 1.63. The van der Waals surface area contributed by atoms with E-state index in [0.717, 1.165) is 24.9 Å². The van der Waals surface area contributed by atoms with E-state index in [1.54, 1.807) is 12.1 Å². The molecule has 0 saturated carbocycles. The Hall–Kier alpha value is -2.35. The molecule has 22 heavy (non-hydrogen) atoms. The van der Waals surface area contributed by atoms with E-state index in [9.17, 15) is 9.18 Å². The number of nitrogens with two attached hydrogens (primary N) is 1. The number of halogens is 1. The van der Waals surface area contributed by atoms with Gasteiger partial charge < -0.3 is 5.73 Å². The zero-order chi connectivity index (χ0) is 15.7. The number of tetrazole rings is 1. The molecule has 0 aliphatic carbocycles. The summed E-state index contributed by atoms with van der Waals surface area (Å²) >= 11 is 0. The van der Waals surface area contributed by atoms with Crippen LogP contribution in [0.5, 0.6) is 0 Å². The van der Waals surface area contributed by atoms with Gasteiger partial charge in [-0.2, -0.15) is 4.68 Å². The first kappa shape index (κ1) is 14.6. The minimum absolute atomic E-state index is 0.301. The van der Waals surface area contributed by atoms with Crippen molar-refractivity contribution in [3.05, 3.63) is 35.4 Å². The van der Waals surface area contributed by atoms with Gasteiger partial charge in [0.25, 0.3) is 0 Å². The van der Waals surface area contributed by atoms with Crippen LogP contribution in [0.3, 0.4) is 0 Å². The third-order valence-electron chi connectivity index (χ3n) is 3.90. The molecule has 3 rings (SSSR count). The van der Waals surface area contributed by atoms with E-state index < -0.39 is 5.82 Å². The number of rotatable bonds is 4. The molecular weight excluding hydrogens is 287 g/mol. The minimum Gasteiger partial charge on any atom is -0.368 e. The maximum atomic E-state index is 14.0. The first-order valence-corrected chi connectivity index (χ1v) is 7.13. The highest BCUT2D eigenvalue weighted by molar-refractivity contribution is 5.80. The lowest BCUT2D eigenvalue weighted by Crippen LogP contribution is -2.40. The summed E-state index contributed by atoms with van der Waals surface area (Å²) in [4.78, 5) is 13.4. The van der Waals surface area contributed by atoms with Crippen LogP contribution in [0.4, 0.5) is 4.39 Å². The Balaban J connectivity index is 1.89. The molecule has 2 N–H and O–H groups in total. The largest absolute Gasteiger partial charge is 0.368 e. The quantitative estimate of drug-likeness (QED) is 0.891. The van der Waals surface area contributed by atoms with Gasteiger partial charge in [0.05, 0.1) is 12.6 Å². The molecule has 1 fully saturated rings. The van der Waals surface area contributed by atoms with Gasteiger partial charge in [-0.05, 0) is 54.4 Å². The molecule has 7 nitrogen and oxygen atoms in total. The molecule has 2 heterocycles. The van der Waals surface area contributed by atoms with E-state index in [-0.39, 0.29) is 11.9 Å². The van der Waals surface area contributed by atoms with E-state index >= 15 is 0 Å². The summed E-state index contributed by atoms with van der Waals surface area (Å²) in [5.41, 5.74) is 6.62. The lowest BCUT2D eigenvalue weighted by atomic mass is 10.2. The molecule has 1 aromatic heterocycles. The minimum atomic E-state index is -0.396. The fraction of sp³-hybridized carbons (Fsp3) is 0.429. The second kappa shape index (κ2) is 5.80. The van der Waals surface area contributed by atoms with Crippen LogP contribution in [0.25, 0.3) is 5.69 Å². The van der Waals surface area contributed by atoms with Gasteiger partial charge in [0.2, 0.25) is 5.91 Å². The number of benzene rings is 1. The molecule has 1 amide bonds. The highest BCUT2D eigenvalue weighted by Gasteiger charge is 2.30. The van der Waals surface area contributed by atoms with Crippen LogP contribution in [0.15, 0.2) is 18.2 Å². The molecule has 116 valence electrons. The van der Waals surface area contributed by atoms with Gasteiger partial charge in [-0.15, -0.1) is 5.10 Å². The van der Waals surface area contributed by atoms with Crippen LogP contribution in [0.1, 0.15) is 24.2 Å². The van der Waals surface area contributed by atoms with Gasteiger partial charge in [-0.25, -0.2) is 4.39 Å². The Morgan fingerprint density at radius 3 is 3.09 bits per heavy atom. The number of aromatic nitrogens is 4. The lowest BCUT2D eigenvalue weighted by Gasteiger charge is -2.20. The number of primary amides is 1. The zero-order valence-electron chi connectivity index (χ0n) is 12.2. The highest BCUT2D eigenvalue weighted by Crippen LogP contribution is 2.21. The summed E-state index contributed by atoms with van der Waals surface area (Å²) in [5.74, 6) is -0.261. The maximum absolute atomic E-state index is 14.0. The number of likely N-dealkylation sites (tertiary alicyclic amines) is 1. The molecule has 0 bridgehead atoms. The molecule has 0 radical (unpaired) electrons. The molecule has 1 saturated heterocycles. The Morgan fingerprint density at radius 2 is 2.32 bits per heavy atom. The van der Waals surface area contributed by atoms with E-state index in [1.165, 1.54) is 10.7 Å². The second-order valence-electron chi connectivity index (χ2n) is 5.49. The number of hydrogen-bond donors (Lipinski definition) is 1. The maximum Gasteiger partial charge on any atom is 0.234 e. The van der Waals surface area contributed by atoms with E-state index in [1.807, 2.05) is 11.8 Å². The summed E-state index contributed by atoms with van der Waals surface area (Å²) in [5, 5.41) is 11.5. The first-order chi connectivity index (χ1) is 10.6. The number of hydrogen-bond acceptors (Lipinski definition) is 5. The summed E-state index contributed by atoms with van der Waals surface area (Å²) in [6, 6.07) is 4.45. The van der Waals surface area contributed by atoms with Crippen LogP contribution in [-0.4, -0.2) is 43.6 Å². The van der Waals surface area contributed by atoms with Crippen molar-refractivity contribution < 1.29 is 9.18 Å². The highest BCUT2D eigenvalue weighted by atomic mass is 19.1. The van der Waals surface area contributed by atoms with Gasteiger partial charge in [-0.1, -0.05) is 6.07 Å². The number of carbonyl (C=O) groups is 1. The van der Waals surface area contributed by atoms with Crippen LogP contribution >= 0.6 is 0 Å². The zero-order valence-corrected chi connectivity index (χ0v) is 12.2. The average molecular weight is 304 g/mol. The Bertz CT molecular complexity index is 700. The molecule has 1 aliphatic heterocycles. The van der Waals surface area contributed by atoms with Gasteiger partial charge in [0, 0.05) is 0 Å². The number of carbonyl (C=O) groups excluding carboxylic acids is 1. The standard InChI is InChI=1S/C14H17FN6O/c1-9-4-5-10(15)12(7-9)21-13(17-18-19-21)8-20-6-2-3-11(20)14(16)22/h4-5,7,11H,2-3,6,8H2,1H3,(H2,16,22). The Morgan fingerprint density at radius 1 is 1.50 bits per heavy atom. The summed E-state index contributed by atoms with van der Waals surface area (Å²) in [7, 11) is 0. The van der Waals surface area contributed by atoms with Crippen molar-refractivity contribution in [2.75, 3.05) is 6.54 Å². The van der Waals surface area contributed by atoms with Crippen molar-refractivity contribution >= 4 is 5.91 Å². The van der Waals surface area contributed by atoms with Crippen LogP contribution < -0.4 is 5.73 Å². The first-order valence-electron chi connectivity index (χ1n) is 7.13. The third kappa shape index (κ3) is 2.69. The summed E-state index contributed by atoms with van der Waals surface area (Å²) < 4.78 is 15.4. The third-order valence-corrected chi connectivity index (χ3v) is 3.90. The lowest BCUT2D eigenvalue weighted by molar-refractivity contribution is -0.122. The Kier molecular flexibility index (Phi) is 3.84. The van der Waals surface area contributed by atoms with Gasteiger partial charge in [0.15, 0.2) is 5.82 Å². The SMILES string of the molecule is Cc1ccc(F)c(-n2nnnc2CN2CCCC2C(N)=O)c1. The summed E-state index contributed by atoms with van der Waals surface area (Å²) in [6.45, 7) is 2.97. The molecule has 1 aromatic carbocycles.